The highest BCUT2D eigenvalue weighted by molar-refractivity contribution is 5.67. The Bertz CT molecular complexity index is 251. The predicted molar refractivity (Wildman–Crippen MR) is 62.5 cm³/mol. The first kappa shape index (κ1) is 11.9. The van der Waals surface area contributed by atoms with Gasteiger partial charge < -0.3 is 10.0 Å². The largest absolute Gasteiger partial charge is 0.481 e. The first-order valence-electron chi connectivity index (χ1n) is 6.29. The molecular formula is C12H22N2O2. The molecule has 0 aliphatic carbocycles. The fourth-order valence-corrected chi connectivity index (χ4v) is 2.87. The quantitative estimate of drug-likeness (QED) is 0.776. The Balaban J connectivity index is 1.72. The molecule has 0 aromatic heterocycles. The molecule has 0 aromatic rings. The topological polar surface area (TPSA) is 43.8 Å². The van der Waals surface area contributed by atoms with Crippen molar-refractivity contribution in [1.29, 1.82) is 0 Å². The van der Waals surface area contributed by atoms with Gasteiger partial charge in [0.1, 0.15) is 0 Å². The zero-order chi connectivity index (χ0) is 11.5. The summed E-state index contributed by atoms with van der Waals surface area (Å²) in [7, 11) is 2.19. The van der Waals surface area contributed by atoms with E-state index in [1.807, 2.05) is 0 Å². The maximum atomic E-state index is 10.6. The van der Waals surface area contributed by atoms with Crippen LogP contribution < -0.4 is 0 Å². The van der Waals surface area contributed by atoms with Crippen LogP contribution in [0, 0.1) is 5.92 Å². The number of likely N-dealkylation sites (tertiary alicyclic amines) is 2. The number of rotatable bonds is 3. The van der Waals surface area contributed by atoms with Gasteiger partial charge in [-0.3, -0.25) is 9.69 Å². The molecule has 0 spiro atoms. The van der Waals surface area contributed by atoms with E-state index in [0.717, 1.165) is 13.1 Å². The lowest BCUT2D eigenvalue weighted by Gasteiger charge is -2.44. The van der Waals surface area contributed by atoms with Crippen molar-refractivity contribution in [2.75, 3.05) is 33.2 Å². The van der Waals surface area contributed by atoms with Crippen molar-refractivity contribution in [3.63, 3.8) is 0 Å². The number of nitrogens with zero attached hydrogens (tertiary/aromatic N) is 2. The van der Waals surface area contributed by atoms with Crippen molar-refractivity contribution in [2.45, 2.75) is 31.7 Å². The van der Waals surface area contributed by atoms with Crippen molar-refractivity contribution in [3.05, 3.63) is 0 Å². The van der Waals surface area contributed by atoms with Crippen LogP contribution in [0.3, 0.4) is 0 Å². The molecule has 1 N–H and O–H groups in total. The Morgan fingerprint density at radius 2 is 2.06 bits per heavy atom. The van der Waals surface area contributed by atoms with Gasteiger partial charge in [-0.2, -0.15) is 0 Å². The number of carboxylic acids is 1. The first-order valence-corrected chi connectivity index (χ1v) is 6.29. The van der Waals surface area contributed by atoms with Gasteiger partial charge in [-0.15, -0.1) is 0 Å². The summed E-state index contributed by atoms with van der Waals surface area (Å²) in [6.07, 6.45) is 4.16. The van der Waals surface area contributed by atoms with E-state index in [-0.39, 0.29) is 0 Å². The molecule has 2 aliphatic rings. The lowest BCUT2D eigenvalue weighted by atomic mass is 9.92. The van der Waals surface area contributed by atoms with E-state index < -0.39 is 5.97 Å². The summed E-state index contributed by atoms with van der Waals surface area (Å²) in [5.74, 6) is -0.247. The SMILES string of the molecule is CN1CCCC(N2CC(CC(=O)O)C2)CC1. The molecule has 0 saturated carbocycles. The summed E-state index contributed by atoms with van der Waals surface area (Å²) < 4.78 is 0. The Labute approximate surface area is 97.2 Å². The minimum Gasteiger partial charge on any atom is -0.481 e. The summed E-state index contributed by atoms with van der Waals surface area (Å²) in [5.41, 5.74) is 0. The van der Waals surface area contributed by atoms with Gasteiger partial charge in [0.2, 0.25) is 0 Å². The van der Waals surface area contributed by atoms with E-state index >= 15 is 0 Å². The molecule has 0 amide bonds. The Hall–Kier alpha value is -0.610. The average Bonchev–Trinajstić information content (AvgIpc) is 2.36. The highest BCUT2D eigenvalue weighted by Gasteiger charge is 2.33. The number of hydrogen-bond acceptors (Lipinski definition) is 3. The van der Waals surface area contributed by atoms with Gasteiger partial charge in [0.25, 0.3) is 0 Å². The van der Waals surface area contributed by atoms with Crippen LogP contribution in [-0.2, 0) is 4.79 Å². The van der Waals surface area contributed by atoms with Crippen LogP contribution in [0.4, 0.5) is 0 Å². The van der Waals surface area contributed by atoms with Crippen molar-refractivity contribution in [2.24, 2.45) is 5.92 Å². The van der Waals surface area contributed by atoms with Crippen LogP contribution in [0.5, 0.6) is 0 Å². The van der Waals surface area contributed by atoms with Gasteiger partial charge >= 0.3 is 5.97 Å². The molecule has 2 rings (SSSR count). The van der Waals surface area contributed by atoms with Gasteiger partial charge in [-0.05, 0) is 45.3 Å². The molecule has 1 atom stereocenters. The molecule has 2 aliphatic heterocycles. The summed E-state index contributed by atoms with van der Waals surface area (Å²) in [5, 5.41) is 8.70. The van der Waals surface area contributed by atoms with Gasteiger partial charge in [0.05, 0.1) is 6.42 Å². The maximum absolute atomic E-state index is 10.6. The van der Waals surface area contributed by atoms with Crippen LogP contribution >= 0.6 is 0 Å². The molecule has 2 saturated heterocycles. The third-order valence-corrected chi connectivity index (χ3v) is 3.89. The first-order chi connectivity index (χ1) is 7.65. The second kappa shape index (κ2) is 5.15. The van der Waals surface area contributed by atoms with E-state index in [1.54, 1.807) is 0 Å². The molecule has 92 valence electrons. The minimum atomic E-state index is -0.648. The summed E-state index contributed by atoms with van der Waals surface area (Å²) in [6, 6.07) is 0.704. The van der Waals surface area contributed by atoms with E-state index in [2.05, 4.69) is 16.8 Å². The zero-order valence-corrected chi connectivity index (χ0v) is 10.1. The highest BCUT2D eigenvalue weighted by atomic mass is 16.4. The molecule has 16 heavy (non-hydrogen) atoms. The predicted octanol–water partition coefficient (Wildman–Crippen LogP) is 0.877. The smallest absolute Gasteiger partial charge is 0.303 e. The minimum absolute atomic E-state index is 0.350. The van der Waals surface area contributed by atoms with E-state index in [0.29, 0.717) is 18.4 Å². The Kier molecular flexibility index (Phi) is 3.82. The monoisotopic (exact) mass is 226 g/mol. The van der Waals surface area contributed by atoms with E-state index in [4.69, 9.17) is 5.11 Å². The second-order valence-corrected chi connectivity index (χ2v) is 5.31. The molecule has 2 fully saturated rings. The van der Waals surface area contributed by atoms with Crippen molar-refractivity contribution >= 4 is 5.97 Å². The molecular weight excluding hydrogens is 204 g/mol. The number of hydrogen-bond donors (Lipinski definition) is 1. The fourth-order valence-electron chi connectivity index (χ4n) is 2.87. The molecule has 4 nitrogen and oxygen atoms in total. The Morgan fingerprint density at radius 3 is 2.75 bits per heavy atom. The van der Waals surface area contributed by atoms with Crippen LogP contribution in [0.2, 0.25) is 0 Å². The van der Waals surface area contributed by atoms with Gasteiger partial charge in [0, 0.05) is 19.1 Å². The van der Waals surface area contributed by atoms with Crippen molar-refractivity contribution in [1.82, 2.24) is 9.80 Å². The standard InChI is InChI=1S/C12H22N2O2/c1-13-5-2-3-11(4-6-13)14-8-10(9-14)7-12(15)16/h10-11H,2-9H2,1H3,(H,15,16). The van der Waals surface area contributed by atoms with Crippen LogP contribution in [0.25, 0.3) is 0 Å². The normalized spacial score (nSPS) is 29.7. The maximum Gasteiger partial charge on any atom is 0.303 e. The van der Waals surface area contributed by atoms with Crippen molar-refractivity contribution < 1.29 is 9.90 Å². The summed E-state index contributed by atoms with van der Waals surface area (Å²) in [6.45, 7) is 4.40. The third-order valence-electron chi connectivity index (χ3n) is 3.89. The van der Waals surface area contributed by atoms with E-state index in [9.17, 15) is 4.79 Å². The number of carboxylic acid groups (broad SMARTS) is 1. The Morgan fingerprint density at radius 1 is 1.31 bits per heavy atom. The van der Waals surface area contributed by atoms with E-state index in [1.165, 1.54) is 32.4 Å². The number of aliphatic carboxylic acids is 1. The van der Waals surface area contributed by atoms with Gasteiger partial charge in [-0.25, -0.2) is 0 Å². The lowest BCUT2D eigenvalue weighted by Crippen LogP contribution is -2.52. The molecule has 4 heteroatoms. The van der Waals surface area contributed by atoms with Crippen LogP contribution in [0.15, 0.2) is 0 Å². The van der Waals surface area contributed by atoms with Crippen molar-refractivity contribution in [3.8, 4) is 0 Å². The zero-order valence-electron chi connectivity index (χ0n) is 10.1. The molecule has 2 heterocycles. The van der Waals surface area contributed by atoms with Crippen LogP contribution in [0.1, 0.15) is 25.7 Å². The fraction of sp³-hybridized carbons (Fsp3) is 0.917. The lowest BCUT2D eigenvalue weighted by molar-refractivity contribution is -0.139. The van der Waals surface area contributed by atoms with Gasteiger partial charge in [0.15, 0.2) is 0 Å². The second-order valence-electron chi connectivity index (χ2n) is 5.31. The summed E-state index contributed by atoms with van der Waals surface area (Å²) in [4.78, 5) is 15.4. The molecule has 1 unspecified atom stereocenters. The average molecular weight is 226 g/mol. The van der Waals surface area contributed by atoms with Gasteiger partial charge in [-0.1, -0.05) is 0 Å². The summed E-state index contributed by atoms with van der Waals surface area (Å²) >= 11 is 0. The molecule has 0 aromatic carbocycles. The van der Waals surface area contributed by atoms with Crippen LogP contribution in [-0.4, -0.2) is 60.1 Å². The highest BCUT2D eigenvalue weighted by Crippen LogP contribution is 2.26. The third kappa shape index (κ3) is 2.95. The molecule has 0 radical (unpaired) electrons. The molecule has 0 bridgehead atoms. The number of carbonyl (C=O) groups is 1.